The number of nitrogens with zero attached hydrogens (tertiary/aromatic N) is 3. The Labute approximate surface area is 343 Å². The van der Waals surface area contributed by atoms with Crippen molar-refractivity contribution in [2.45, 2.75) is 51.1 Å². The van der Waals surface area contributed by atoms with Crippen molar-refractivity contribution >= 4 is 24.0 Å². The zero-order valence-electron chi connectivity index (χ0n) is 34.2. The SMILES string of the molecule is COCCOc1c(-c2ccc(-c3cnc(CCCCNC(=O)CNC(=O)OC)[nH]3)cc2)ccc(-c2cnc(C3CCCN3C(=O)C(C)NC(=O)OC)[nH]2)c1OCCOC. The summed E-state index contributed by atoms with van der Waals surface area (Å²) in [4.78, 5) is 66.0. The van der Waals surface area contributed by atoms with Crippen molar-refractivity contribution in [1.82, 2.24) is 40.8 Å². The third-order valence-electron chi connectivity index (χ3n) is 9.68. The number of aryl methyl sites for hydroxylation is 1. The predicted octanol–water partition coefficient (Wildman–Crippen LogP) is 4.39. The van der Waals surface area contributed by atoms with Crippen LogP contribution in [0.3, 0.4) is 0 Å². The molecule has 5 rings (SSSR count). The molecule has 18 heteroatoms. The molecule has 5 N–H and O–H groups in total. The predicted molar refractivity (Wildman–Crippen MR) is 217 cm³/mol. The largest absolute Gasteiger partial charge is 0.487 e. The summed E-state index contributed by atoms with van der Waals surface area (Å²) in [7, 11) is 5.72. The maximum Gasteiger partial charge on any atom is 0.407 e. The third kappa shape index (κ3) is 12.0. The Hall–Kier alpha value is -6.14. The second-order valence-electron chi connectivity index (χ2n) is 13.7. The molecule has 1 saturated heterocycles. The number of hydrogen-bond donors (Lipinski definition) is 5. The highest BCUT2D eigenvalue weighted by Crippen LogP contribution is 2.45. The van der Waals surface area contributed by atoms with Crippen LogP contribution in [0.15, 0.2) is 48.8 Å². The van der Waals surface area contributed by atoms with E-state index in [1.165, 1.54) is 14.2 Å². The Balaban J connectivity index is 1.33. The van der Waals surface area contributed by atoms with Gasteiger partial charge in [-0.25, -0.2) is 19.6 Å². The van der Waals surface area contributed by atoms with Gasteiger partial charge in [0.2, 0.25) is 11.8 Å². The van der Waals surface area contributed by atoms with E-state index in [2.05, 4.69) is 40.4 Å². The van der Waals surface area contributed by atoms with Crippen LogP contribution in [0.25, 0.3) is 33.6 Å². The van der Waals surface area contributed by atoms with Gasteiger partial charge in [0.1, 0.15) is 30.9 Å². The molecule has 0 saturated carbocycles. The summed E-state index contributed by atoms with van der Waals surface area (Å²) in [5.74, 6) is 1.99. The Morgan fingerprint density at radius 2 is 1.44 bits per heavy atom. The van der Waals surface area contributed by atoms with Crippen LogP contribution in [0.5, 0.6) is 11.5 Å². The van der Waals surface area contributed by atoms with Gasteiger partial charge >= 0.3 is 12.2 Å². The summed E-state index contributed by atoms with van der Waals surface area (Å²) in [5, 5.41) is 7.68. The number of likely N-dealkylation sites (tertiary alicyclic amines) is 1. The van der Waals surface area contributed by atoms with Crippen molar-refractivity contribution < 1.29 is 47.6 Å². The molecule has 2 atom stereocenters. The number of amides is 4. The zero-order chi connectivity index (χ0) is 42.1. The summed E-state index contributed by atoms with van der Waals surface area (Å²) in [6.45, 7) is 3.75. The molecule has 3 heterocycles. The van der Waals surface area contributed by atoms with Crippen LogP contribution in [0.4, 0.5) is 9.59 Å². The number of unbranched alkanes of at least 4 members (excludes halogenated alkanes) is 1. The summed E-state index contributed by atoms with van der Waals surface area (Å²) in [6.07, 6.45) is 5.97. The van der Waals surface area contributed by atoms with E-state index >= 15 is 0 Å². The van der Waals surface area contributed by atoms with Gasteiger partial charge in [-0.15, -0.1) is 0 Å². The van der Waals surface area contributed by atoms with Crippen molar-refractivity contribution in [3.63, 3.8) is 0 Å². The van der Waals surface area contributed by atoms with Crippen LogP contribution in [-0.2, 0) is 35.0 Å². The van der Waals surface area contributed by atoms with Gasteiger partial charge in [-0.3, -0.25) is 9.59 Å². The number of aromatic amines is 2. The lowest BCUT2D eigenvalue weighted by atomic mass is 9.98. The van der Waals surface area contributed by atoms with E-state index in [0.29, 0.717) is 67.7 Å². The third-order valence-corrected chi connectivity index (χ3v) is 9.68. The minimum absolute atomic E-state index is 0.137. The molecule has 2 unspecified atom stereocenters. The number of rotatable bonds is 21. The fraction of sp³-hybridized carbons (Fsp3) is 0.463. The first-order chi connectivity index (χ1) is 28.7. The molecule has 2 aromatic heterocycles. The maximum atomic E-state index is 13.3. The highest BCUT2D eigenvalue weighted by atomic mass is 16.6. The first-order valence-electron chi connectivity index (χ1n) is 19.5. The maximum absolute atomic E-state index is 13.3. The highest BCUT2D eigenvalue weighted by Gasteiger charge is 2.35. The number of methoxy groups -OCH3 is 4. The van der Waals surface area contributed by atoms with E-state index in [1.807, 2.05) is 36.4 Å². The van der Waals surface area contributed by atoms with Gasteiger partial charge in [-0.1, -0.05) is 24.3 Å². The molecule has 0 spiro atoms. The number of ether oxygens (including phenoxy) is 6. The lowest BCUT2D eigenvalue weighted by Crippen LogP contribution is -2.46. The van der Waals surface area contributed by atoms with Crippen molar-refractivity contribution in [2.75, 3.05) is 74.5 Å². The molecule has 1 aliphatic rings. The molecule has 1 fully saturated rings. The van der Waals surface area contributed by atoms with Gasteiger partial charge in [0, 0.05) is 44.9 Å². The van der Waals surface area contributed by atoms with E-state index in [4.69, 9.17) is 23.9 Å². The van der Waals surface area contributed by atoms with Crippen LogP contribution in [-0.4, -0.2) is 129 Å². The fourth-order valence-electron chi connectivity index (χ4n) is 6.64. The normalized spacial score (nSPS) is 14.1. The summed E-state index contributed by atoms with van der Waals surface area (Å²) in [6, 6.07) is 10.9. The van der Waals surface area contributed by atoms with E-state index < -0.39 is 18.2 Å². The summed E-state index contributed by atoms with van der Waals surface area (Å²) < 4.78 is 32.6. The van der Waals surface area contributed by atoms with Gasteiger partial charge in [-0.05, 0) is 55.9 Å². The van der Waals surface area contributed by atoms with Gasteiger partial charge in [0.25, 0.3) is 0 Å². The molecular weight excluding hydrogens is 764 g/mol. The van der Waals surface area contributed by atoms with E-state index in [1.54, 1.807) is 38.4 Å². The Morgan fingerprint density at radius 1 is 0.780 bits per heavy atom. The molecule has 18 nitrogen and oxygen atoms in total. The fourth-order valence-corrected chi connectivity index (χ4v) is 6.64. The zero-order valence-corrected chi connectivity index (χ0v) is 34.2. The van der Waals surface area contributed by atoms with Gasteiger partial charge < -0.3 is 59.2 Å². The standard InChI is InChI=1S/C41H54N8O10/c1-26(46-41(53)57-5)39(51)49-18-8-9-33(49)38-44-24-32(48-38)30-16-15-29(36(58-21-19-54-2)37(30)59-22-20-55-3)27-11-13-28(14-12-27)31-23-43-34(47-31)10-6-7-17-42-35(50)25-45-40(52)56-4/h11-16,23-24,26,33H,6-10,17-22,25H2,1-5H3,(H,42,50)(H,43,47)(H,44,48)(H,45,52)(H,46,53). The smallest absolute Gasteiger partial charge is 0.407 e. The molecular formula is C41H54N8O10. The number of hydrogen-bond acceptors (Lipinski definition) is 12. The Kier molecular flexibility index (Phi) is 16.5. The number of imidazole rings is 2. The van der Waals surface area contributed by atoms with Crippen LogP contribution >= 0.6 is 0 Å². The number of benzene rings is 2. The molecule has 59 heavy (non-hydrogen) atoms. The topological polar surface area (TPSA) is 220 Å². The first kappa shape index (κ1) is 44.0. The van der Waals surface area contributed by atoms with E-state index in [9.17, 15) is 19.2 Å². The number of aromatic nitrogens is 4. The number of nitrogens with one attached hydrogen (secondary N) is 5. The average Bonchev–Trinajstić information content (AvgIpc) is 4.05. The Morgan fingerprint density at radius 3 is 2.14 bits per heavy atom. The number of carbonyl (C=O) groups excluding carboxylic acids is 4. The Bertz CT molecular complexity index is 2000. The number of alkyl carbamates (subject to hydrolysis) is 2. The van der Waals surface area contributed by atoms with Crippen molar-refractivity contribution in [3.8, 4) is 45.1 Å². The van der Waals surface area contributed by atoms with Crippen molar-refractivity contribution in [2.24, 2.45) is 0 Å². The monoisotopic (exact) mass is 818 g/mol. The van der Waals surface area contributed by atoms with E-state index in [0.717, 1.165) is 47.5 Å². The van der Waals surface area contributed by atoms with E-state index in [-0.39, 0.29) is 37.6 Å². The van der Waals surface area contributed by atoms with Crippen LogP contribution in [0.2, 0.25) is 0 Å². The quantitative estimate of drug-likeness (QED) is 0.0740. The molecule has 0 aliphatic carbocycles. The second kappa shape index (κ2) is 22.1. The molecule has 0 bridgehead atoms. The molecule has 318 valence electrons. The second-order valence-corrected chi connectivity index (χ2v) is 13.7. The van der Waals surface area contributed by atoms with Crippen LogP contribution in [0, 0.1) is 0 Å². The summed E-state index contributed by atoms with van der Waals surface area (Å²) >= 11 is 0. The van der Waals surface area contributed by atoms with Crippen LogP contribution < -0.4 is 25.4 Å². The van der Waals surface area contributed by atoms with Gasteiger partial charge in [0.15, 0.2) is 11.5 Å². The van der Waals surface area contributed by atoms with Crippen molar-refractivity contribution in [3.05, 3.63) is 60.4 Å². The van der Waals surface area contributed by atoms with Gasteiger partial charge in [-0.2, -0.15) is 0 Å². The van der Waals surface area contributed by atoms with Crippen molar-refractivity contribution in [1.29, 1.82) is 0 Å². The number of carbonyl (C=O) groups is 4. The minimum Gasteiger partial charge on any atom is -0.487 e. The van der Waals surface area contributed by atoms with Crippen LogP contribution in [0.1, 0.15) is 50.3 Å². The molecule has 0 radical (unpaired) electrons. The molecule has 4 aromatic rings. The van der Waals surface area contributed by atoms with Gasteiger partial charge in [0.05, 0.1) is 63.8 Å². The summed E-state index contributed by atoms with van der Waals surface area (Å²) in [5.41, 5.74) is 4.92. The average molecular weight is 819 g/mol. The first-order valence-corrected chi connectivity index (χ1v) is 19.5. The molecule has 1 aliphatic heterocycles. The lowest BCUT2D eigenvalue weighted by Gasteiger charge is -2.26. The minimum atomic E-state index is -0.765. The number of H-pyrrole nitrogens is 2. The highest BCUT2D eigenvalue weighted by molar-refractivity contribution is 5.86. The molecule has 2 aromatic carbocycles. The molecule has 4 amide bonds. The lowest BCUT2D eigenvalue weighted by molar-refractivity contribution is -0.134.